The highest BCUT2D eigenvalue weighted by molar-refractivity contribution is 6.30. The molecule has 2 nitrogen and oxygen atoms in total. The summed E-state index contributed by atoms with van der Waals surface area (Å²) in [6.45, 7) is 2.06. The standard InChI is InChI=1S/C14H20ClNO/c1-16-9-2-7-14(17,8-10-16)11-12-3-5-13(15)6-4-12/h3-6,17H,2,7-11H2,1H3. The molecule has 1 fully saturated rings. The summed E-state index contributed by atoms with van der Waals surface area (Å²) in [6, 6.07) is 7.80. The number of halogens is 1. The fourth-order valence-electron chi connectivity index (χ4n) is 2.47. The van der Waals surface area contributed by atoms with Crippen molar-refractivity contribution in [3.8, 4) is 0 Å². The lowest BCUT2D eigenvalue weighted by Crippen LogP contribution is -2.32. The van der Waals surface area contributed by atoms with Gasteiger partial charge in [0.05, 0.1) is 5.60 Å². The van der Waals surface area contributed by atoms with Crippen molar-refractivity contribution in [3.05, 3.63) is 34.9 Å². The Bertz CT molecular complexity index is 365. The zero-order chi connectivity index (χ0) is 12.3. The number of likely N-dealkylation sites (tertiary alicyclic amines) is 1. The molecule has 1 heterocycles. The van der Waals surface area contributed by atoms with Gasteiger partial charge < -0.3 is 10.0 Å². The van der Waals surface area contributed by atoms with E-state index in [2.05, 4.69) is 11.9 Å². The van der Waals surface area contributed by atoms with Crippen molar-refractivity contribution in [2.75, 3.05) is 20.1 Å². The molecule has 0 radical (unpaired) electrons. The zero-order valence-corrected chi connectivity index (χ0v) is 11.1. The zero-order valence-electron chi connectivity index (χ0n) is 10.3. The van der Waals surface area contributed by atoms with Crippen LogP contribution in [0.25, 0.3) is 0 Å². The van der Waals surface area contributed by atoms with Crippen molar-refractivity contribution in [1.29, 1.82) is 0 Å². The third kappa shape index (κ3) is 3.70. The average molecular weight is 254 g/mol. The second-order valence-electron chi connectivity index (χ2n) is 5.18. The Hall–Kier alpha value is -0.570. The Morgan fingerprint density at radius 3 is 2.65 bits per heavy atom. The number of hydrogen-bond donors (Lipinski definition) is 1. The van der Waals surface area contributed by atoms with Crippen LogP contribution in [0.5, 0.6) is 0 Å². The van der Waals surface area contributed by atoms with Crippen LogP contribution >= 0.6 is 11.6 Å². The van der Waals surface area contributed by atoms with Crippen LogP contribution in [0.4, 0.5) is 0 Å². The molecule has 0 amide bonds. The lowest BCUT2D eigenvalue weighted by atomic mass is 9.88. The molecule has 1 unspecified atom stereocenters. The van der Waals surface area contributed by atoms with Gasteiger partial charge in [0.1, 0.15) is 0 Å². The first kappa shape index (κ1) is 12.9. The van der Waals surface area contributed by atoms with Crippen molar-refractivity contribution in [3.63, 3.8) is 0 Å². The number of benzene rings is 1. The van der Waals surface area contributed by atoms with Crippen molar-refractivity contribution in [2.24, 2.45) is 0 Å². The van der Waals surface area contributed by atoms with E-state index >= 15 is 0 Å². The normalized spacial score (nSPS) is 26.8. The number of rotatable bonds is 2. The lowest BCUT2D eigenvalue weighted by molar-refractivity contribution is 0.0263. The second kappa shape index (κ2) is 5.38. The molecular weight excluding hydrogens is 234 g/mol. The van der Waals surface area contributed by atoms with Gasteiger partial charge in [0, 0.05) is 18.0 Å². The van der Waals surface area contributed by atoms with Crippen LogP contribution in [-0.2, 0) is 6.42 Å². The fourth-order valence-corrected chi connectivity index (χ4v) is 2.60. The fraction of sp³-hybridized carbons (Fsp3) is 0.571. The molecule has 0 aromatic heterocycles. The van der Waals surface area contributed by atoms with Gasteiger partial charge in [-0.15, -0.1) is 0 Å². The topological polar surface area (TPSA) is 23.5 Å². The van der Waals surface area contributed by atoms with Gasteiger partial charge in [0.25, 0.3) is 0 Å². The van der Waals surface area contributed by atoms with E-state index in [1.54, 1.807) is 0 Å². The summed E-state index contributed by atoms with van der Waals surface area (Å²) in [5, 5.41) is 11.4. The minimum absolute atomic E-state index is 0.543. The molecular formula is C14H20ClNO. The van der Waals surface area contributed by atoms with Crippen LogP contribution < -0.4 is 0 Å². The SMILES string of the molecule is CN1CCCC(O)(Cc2ccc(Cl)cc2)CC1. The number of nitrogens with zero attached hydrogens (tertiary/aromatic N) is 1. The predicted octanol–water partition coefficient (Wildman–Crippen LogP) is 2.73. The first-order valence-electron chi connectivity index (χ1n) is 6.23. The van der Waals surface area contributed by atoms with Crippen LogP contribution in [0.3, 0.4) is 0 Å². The van der Waals surface area contributed by atoms with Crippen molar-refractivity contribution in [1.82, 2.24) is 4.90 Å². The van der Waals surface area contributed by atoms with Crippen LogP contribution in [0, 0.1) is 0 Å². The van der Waals surface area contributed by atoms with E-state index < -0.39 is 5.60 Å². The summed E-state index contributed by atoms with van der Waals surface area (Å²) >= 11 is 5.87. The Morgan fingerprint density at radius 2 is 1.94 bits per heavy atom. The highest BCUT2D eigenvalue weighted by Gasteiger charge is 2.29. The largest absolute Gasteiger partial charge is 0.389 e. The van der Waals surface area contributed by atoms with E-state index in [9.17, 15) is 5.11 Å². The number of hydrogen-bond acceptors (Lipinski definition) is 2. The third-order valence-corrected chi connectivity index (χ3v) is 3.84. The maximum Gasteiger partial charge on any atom is 0.0700 e. The van der Waals surface area contributed by atoms with E-state index in [4.69, 9.17) is 11.6 Å². The van der Waals surface area contributed by atoms with Crippen molar-refractivity contribution >= 4 is 11.6 Å². The van der Waals surface area contributed by atoms with E-state index in [0.29, 0.717) is 0 Å². The average Bonchev–Trinajstić information content (AvgIpc) is 2.45. The Morgan fingerprint density at radius 1 is 1.24 bits per heavy atom. The first-order chi connectivity index (χ1) is 8.07. The van der Waals surface area contributed by atoms with Gasteiger partial charge in [-0.25, -0.2) is 0 Å². The van der Waals surface area contributed by atoms with E-state index in [0.717, 1.165) is 43.8 Å². The minimum Gasteiger partial charge on any atom is -0.389 e. The maximum absolute atomic E-state index is 10.6. The van der Waals surface area contributed by atoms with Gasteiger partial charge in [0.15, 0.2) is 0 Å². The van der Waals surface area contributed by atoms with Crippen LogP contribution in [0.1, 0.15) is 24.8 Å². The third-order valence-electron chi connectivity index (χ3n) is 3.59. The quantitative estimate of drug-likeness (QED) is 0.876. The molecule has 17 heavy (non-hydrogen) atoms. The summed E-state index contributed by atoms with van der Waals surface area (Å²) in [6.07, 6.45) is 3.55. The minimum atomic E-state index is -0.543. The summed E-state index contributed by atoms with van der Waals surface area (Å²) in [5.41, 5.74) is 0.625. The predicted molar refractivity (Wildman–Crippen MR) is 71.5 cm³/mol. The summed E-state index contributed by atoms with van der Waals surface area (Å²) < 4.78 is 0. The maximum atomic E-state index is 10.6. The summed E-state index contributed by atoms with van der Waals surface area (Å²) in [4.78, 5) is 2.29. The van der Waals surface area contributed by atoms with Gasteiger partial charge >= 0.3 is 0 Å². The Balaban J connectivity index is 2.03. The van der Waals surface area contributed by atoms with Gasteiger partial charge in [-0.1, -0.05) is 23.7 Å². The molecule has 0 spiro atoms. The molecule has 0 aliphatic carbocycles. The molecule has 0 bridgehead atoms. The molecule has 94 valence electrons. The summed E-state index contributed by atoms with van der Waals surface area (Å²) in [7, 11) is 2.12. The van der Waals surface area contributed by atoms with Gasteiger partial charge in [-0.3, -0.25) is 0 Å². The van der Waals surface area contributed by atoms with Crippen LogP contribution in [0.2, 0.25) is 5.02 Å². The molecule has 1 aromatic rings. The molecule has 2 rings (SSSR count). The molecule has 1 N–H and O–H groups in total. The van der Waals surface area contributed by atoms with Crippen LogP contribution in [0.15, 0.2) is 24.3 Å². The van der Waals surface area contributed by atoms with Gasteiger partial charge in [0.2, 0.25) is 0 Å². The van der Waals surface area contributed by atoms with Crippen molar-refractivity contribution in [2.45, 2.75) is 31.3 Å². The first-order valence-corrected chi connectivity index (χ1v) is 6.61. The molecule has 1 aromatic carbocycles. The van der Waals surface area contributed by atoms with Gasteiger partial charge in [-0.2, -0.15) is 0 Å². The molecule has 1 saturated heterocycles. The summed E-state index contributed by atoms with van der Waals surface area (Å²) in [5.74, 6) is 0. The lowest BCUT2D eigenvalue weighted by Gasteiger charge is -2.26. The highest BCUT2D eigenvalue weighted by atomic mass is 35.5. The smallest absolute Gasteiger partial charge is 0.0700 e. The highest BCUT2D eigenvalue weighted by Crippen LogP contribution is 2.26. The van der Waals surface area contributed by atoms with E-state index in [1.807, 2.05) is 24.3 Å². The molecule has 1 aliphatic rings. The van der Waals surface area contributed by atoms with E-state index in [-0.39, 0.29) is 0 Å². The molecule has 1 atom stereocenters. The molecule has 0 saturated carbocycles. The van der Waals surface area contributed by atoms with Crippen LogP contribution in [-0.4, -0.2) is 35.7 Å². The Kier molecular flexibility index (Phi) is 4.08. The Labute approximate surface area is 108 Å². The van der Waals surface area contributed by atoms with E-state index in [1.165, 1.54) is 5.56 Å². The monoisotopic (exact) mass is 253 g/mol. The molecule has 1 aliphatic heterocycles. The number of aliphatic hydroxyl groups is 1. The molecule has 3 heteroatoms. The second-order valence-corrected chi connectivity index (χ2v) is 5.62. The van der Waals surface area contributed by atoms with Gasteiger partial charge in [-0.05, 0) is 50.6 Å². The van der Waals surface area contributed by atoms with Crippen molar-refractivity contribution < 1.29 is 5.11 Å².